The van der Waals surface area contributed by atoms with E-state index in [0.29, 0.717) is 13.1 Å². The van der Waals surface area contributed by atoms with Gasteiger partial charge in [0.25, 0.3) is 0 Å². The zero-order valence-electron chi connectivity index (χ0n) is 21.6. The Morgan fingerprint density at radius 2 is 1.29 bits per heavy atom. The van der Waals surface area contributed by atoms with Crippen molar-refractivity contribution in [3.63, 3.8) is 0 Å². The third-order valence-corrected chi connectivity index (χ3v) is 7.72. The van der Waals surface area contributed by atoms with Crippen LogP contribution in [-0.2, 0) is 34.3 Å². The normalized spacial score (nSPS) is 12.1. The summed E-state index contributed by atoms with van der Waals surface area (Å²) >= 11 is 0. The number of carbonyl (C=O) groups is 1. The van der Waals surface area contributed by atoms with Gasteiger partial charge in [-0.3, -0.25) is 4.79 Å². The van der Waals surface area contributed by atoms with Crippen LogP contribution >= 0.6 is 0 Å². The van der Waals surface area contributed by atoms with Crippen LogP contribution in [0.1, 0.15) is 22.3 Å². The fourth-order valence-electron chi connectivity index (χ4n) is 4.31. The highest BCUT2D eigenvalue weighted by Gasteiger charge is 2.31. The summed E-state index contributed by atoms with van der Waals surface area (Å²) in [7, 11) is -2.66. The summed E-state index contributed by atoms with van der Waals surface area (Å²) < 4.78 is 35.3. The van der Waals surface area contributed by atoms with Gasteiger partial charge in [0.2, 0.25) is 15.9 Å². The lowest BCUT2D eigenvalue weighted by Gasteiger charge is -2.28. The smallest absolute Gasteiger partial charge is 0.244 e. The Labute approximate surface area is 225 Å². The molecule has 1 amide bonds. The highest BCUT2D eigenvalue weighted by molar-refractivity contribution is 7.89. The van der Waals surface area contributed by atoms with Gasteiger partial charge in [0, 0.05) is 13.1 Å². The van der Waals surface area contributed by atoms with Crippen LogP contribution in [0.5, 0.6) is 5.75 Å². The maximum atomic E-state index is 14.2. The molecule has 7 heteroatoms. The summed E-state index contributed by atoms with van der Waals surface area (Å²) in [4.78, 5) is 15.9. The molecule has 196 valence electrons. The second kappa shape index (κ2) is 12.5. The van der Waals surface area contributed by atoms with Crippen molar-refractivity contribution in [3.8, 4) is 5.75 Å². The van der Waals surface area contributed by atoms with E-state index in [1.54, 1.807) is 23.1 Å². The zero-order chi connectivity index (χ0) is 27.0. The summed E-state index contributed by atoms with van der Waals surface area (Å²) in [5.74, 6) is -0.0869. The van der Waals surface area contributed by atoms with Crippen molar-refractivity contribution < 1.29 is 17.9 Å². The van der Waals surface area contributed by atoms with E-state index >= 15 is 0 Å². The Bertz CT molecular complexity index is 1400. The molecular weight excluding hydrogens is 496 g/mol. The number of nitrogens with one attached hydrogen (secondary N) is 1. The van der Waals surface area contributed by atoms with E-state index < -0.39 is 16.1 Å². The Kier molecular flexibility index (Phi) is 8.94. The fourth-order valence-corrected chi connectivity index (χ4v) is 5.76. The van der Waals surface area contributed by atoms with Crippen molar-refractivity contribution >= 4 is 15.9 Å². The monoisotopic (exact) mass is 528 g/mol. The van der Waals surface area contributed by atoms with Crippen molar-refractivity contribution in [3.05, 3.63) is 131 Å². The fraction of sp³-hybridized carbons (Fsp3) is 0.194. The molecule has 0 saturated heterocycles. The van der Waals surface area contributed by atoms with Crippen LogP contribution in [0.4, 0.5) is 0 Å². The lowest BCUT2D eigenvalue weighted by Crippen LogP contribution is -2.49. The second-order valence-electron chi connectivity index (χ2n) is 9.18. The predicted molar refractivity (Wildman–Crippen MR) is 149 cm³/mol. The van der Waals surface area contributed by atoms with Gasteiger partial charge in [0.15, 0.2) is 0 Å². The van der Waals surface area contributed by atoms with Crippen LogP contribution in [0.15, 0.2) is 114 Å². The van der Waals surface area contributed by atoms with E-state index in [0.717, 1.165) is 22.3 Å². The first-order valence-corrected chi connectivity index (χ1v) is 13.9. The summed E-state index contributed by atoms with van der Waals surface area (Å²) in [6.07, 6.45) is 0.202. The highest BCUT2D eigenvalue weighted by atomic mass is 32.2. The quantitative estimate of drug-likeness (QED) is 0.293. The van der Waals surface area contributed by atoms with E-state index in [-0.39, 0.29) is 23.0 Å². The van der Waals surface area contributed by atoms with E-state index in [4.69, 9.17) is 4.74 Å². The van der Waals surface area contributed by atoms with Crippen molar-refractivity contribution in [2.45, 2.75) is 37.4 Å². The van der Waals surface area contributed by atoms with Gasteiger partial charge in [0.1, 0.15) is 16.7 Å². The molecule has 38 heavy (non-hydrogen) atoms. The Balaban J connectivity index is 1.71. The molecule has 4 aromatic carbocycles. The first kappa shape index (κ1) is 27.1. The van der Waals surface area contributed by atoms with E-state index in [1.807, 2.05) is 97.9 Å². The molecule has 0 spiro atoms. The molecular formula is C31H32N2O4S. The van der Waals surface area contributed by atoms with Crippen LogP contribution < -0.4 is 9.46 Å². The maximum absolute atomic E-state index is 14.2. The van der Waals surface area contributed by atoms with Crippen molar-refractivity contribution in [2.24, 2.45) is 0 Å². The minimum Gasteiger partial charge on any atom is -0.495 e. The molecule has 0 unspecified atom stereocenters. The van der Waals surface area contributed by atoms with Crippen molar-refractivity contribution in [1.82, 2.24) is 9.62 Å². The van der Waals surface area contributed by atoms with Crippen LogP contribution in [-0.4, -0.2) is 32.4 Å². The Morgan fingerprint density at radius 1 is 0.789 bits per heavy atom. The number of hydrogen-bond acceptors (Lipinski definition) is 4. The topological polar surface area (TPSA) is 75.7 Å². The molecule has 4 rings (SSSR count). The first-order chi connectivity index (χ1) is 18.4. The molecule has 0 aliphatic rings. The average molecular weight is 529 g/mol. The van der Waals surface area contributed by atoms with Crippen molar-refractivity contribution in [1.29, 1.82) is 0 Å². The maximum Gasteiger partial charge on any atom is 0.244 e. The Hall–Kier alpha value is -3.94. The standard InChI is InChI=1S/C31H32N2O4S/c1-24-18-19-29(37-2)30(20-24)38(35,36)32-28(21-25-12-6-3-7-13-25)31(34)33(22-26-14-8-4-9-15-26)23-27-16-10-5-11-17-27/h3-20,28,32H,21-23H2,1-2H3/t28-/m1/s1. The molecule has 1 atom stereocenters. The molecule has 0 radical (unpaired) electrons. The average Bonchev–Trinajstić information content (AvgIpc) is 2.93. The molecule has 4 aromatic rings. The number of hydrogen-bond donors (Lipinski definition) is 1. The van der Waals surface area contributed by atoms with Gasteiger partial charge in [-0.25, -0.2) is 8.42 Å². The molecule has 0 aromatic heterocycles. The van der Waals surface area contributed by atoms with Gasteiger partial charge in [0.05, 0.1) is 7.11 Å². The number of carbonyl (C=O) groups excluding carboxylic acids is 1. The highest BCUT2D eigenvalue weighted by Crippen LogP contribution is 2.25. The number of nitrogens with zero attached hydrogens (tertiary/aromatic N) is 1. The zero-order valence-corrected chi connectivity index (χ0v) is 22.4. The predicted octanol–water partition coefficient (Wildman–Crippen LogP) is 5.12. The van der Waals surface area contributed by atoms with Gasteiger partial charge < -0.3 is 9.64 Å². The van der Waals surface area contributed by atoms with E-state index in [9.17, 15) is 13.2 Å². The van der Waals surface area contributed by atoms with Gasteiger partial charge >= 0.3 is 0 Å². The minimum absolute atomic E-state index is 0.00327. The molecule has 0 bridgehead atoms. The molecule has 0 heterocycles. The number of aryl methyl sites for hydroxylation is 1. The van der Waals surface area contributed by atoms with E-state index in [2.05, 4.69) is 4.72 Å². The Morgan fingerprint density at radius 3 is 1.79 bits per heavy atom. The molecule has 0 saturated carbocycles. The van der Waals surface area contributed by atoms with Gasteiger partial charge in [-0.05, 0) is 47.7 Å². The number of methoxy groups -OCH3 is 1. The largest absolute Gasteiger partial charge is 0.495 e. The number of amides is 1. The SMILES string of the molecule is COc1ccc(C)cc1S(=O)(=O)N[C@H](Cc1ccccc1)C(=O)N(Cc1ccccc1)Cc1ccccc1. The van der Waals surface area contributed by atoms with Crippen LogP contribution in [0.25, 0.3) is 0 Å². The summed E-state index contributed by atoms with van der Waals surface area (Å²) in [5, 5.41) is 0. The third-order valence-electron chi connectivity index (χ3n) is 6.23. The lowest BCUT2D eigenvalue weighted by molar-refractivity contribution is -0.134. The number of sulfonamides is 1. The summed E-state index contributed by atoms with van der Waals surface area (Å²) in [6, 6.07) is 32.7. The van der Waals surface area contributed by atoms with Crippen LogP contribution in [0.2, 0.25) is 0 Å². The first-order valence-electron chi connectivity index (χ1n) is 12.4. The number of ether oxygens (including phenoxy) is 1. The molecule has 6 nitrogen and oxygen atoms in total. The summed E-state index contributed by atoms with van der Waals surface area (Å²) in [6.45, 7) is 2.50. The van der Waals surface area contributed by atoms with Gasteiger partial charge in [-0.1, -0.05) is 97.1 Å². The van der Waals surface area contributed by atoms with Crippen molar-refractivity contribution in [2.75, 3.05) is 7.11 Å². The van der Waals surface area contributed by atoms with Gasteiger partial charge in [-0.2, -0.15) is 4.72 Å². The minimum atomic E-state index is -4.09. The third kappa shape index (κ3) is 7.09. The molecule has 0 fully saturated rings. The summed E-state index contributed by atoms with van der Waals surface area (Å²) in [5.41, 5.74) is 3.54. The molecule has 0 aliphatic carbocycles. The number of rotatable bonds is 11. The number of benzene rings is 4. The van der Waals surface area contributed by atoms with Crippen LogP contribution in [0.3, 0.4) is 0 Å². The van der Waals surface area contributed by atoms with Crippen LogP contribution in [0, 0.1) is 6.92 Å². The van der Waals surface area contributed by atoms with E-state index in [1.165, 1.54) is 7.11 Å². The van der Waals surface area contributed by atoms with Gasteiger partial charge in [-0.15, -0.1) is 0 Å². The molecule has 0 aliphatic heterocycles. The second-order valence-corrected chi connectivity index (χ2v) is 10.9. The molecule has 1 N–H and O–H groups in total. The lowest BCUT2D eigenvalue weighted by atomic mass is 10.0.